The lowest BCUT2D eigenvalue weighted by molar-refractivity contribution is 0.0952. The van der Waals surface area contributed by atoms with E-state index in [4.69, 9.17) is 11.6 Å². The molecule has 0 spiro atoms. The number of rotatable bonds is 4. The number of aromatic nitrogens is 1. The van der Waals surface area contributed by atoms with Crippen molar-refractivity contribution in [3.8, 4) is 0 Å². The zero-order valence-electron chi connectivity index (χ0n) is 12.6. The fourth-order valence-electron chi connectivity index (χ4n) is 3.31. The molecule has 0 bridgehead atoms. The van der Waals surface area contributed by atoms with Crippen molar-refractivity contribution in [1.82, 2.24) is 10.3 Å². The lowest BCUT2D eigenvalue weighted by atomic mass is 9.87. The number of nitrogens with one attached hydrogen (secondary N) is 1. The number of fused-ring (bicyclic) bond motifs is 1. The fraction of sp³-hybridized carbons (Fsp3) is 0.444. The Bertz CT molecular complexity index is 665. The standard InChI is InChI=1S/C18H21ClN2O/c19-15-8-9-16-14(7-4-11-20-16)17(15)18(22)21-12-10-13-5-2-1-3-6-13/h4,7-9,11,13H,1-3,5-6,10,12H2,(H,21,22). The van der Waals surface area contributed by atoms with Gasteiger partial charge in [-0.1, -0.05) is 49.8 Å². The molecule has 2 aromatic rings. The number of pyridine rings is 1. The minimum atomic E-state index is -0.0978. The largest absolute Gasteiger partial charge is 0.352 e. The predicted molar refractivity (Wildman–Crippen MR) is 90.3 cm³/mol. The van der Waals surface area contributed by atoms with Gasteiger partial charge in [-0.2, -0.15) is 0 Å². The lowest BCUT2D eigenvalue weighted by Crippen LogP contribution is -2.27. The Labute approximate surface area is 136 Å². The molecule has 22 heavy (non-hydrogen) atoms. The molecule has 1 aromatic carbocycles. The third-order valence-corrected chi connectivity index (χ3v) is 4.84. The molecule has 1 saturated carbocycles. The van der Waals surface area contributed by atoms with Crippen LogP contribution in [0.3, 0.4) is 0 Å². The zero-order chi connectivity index (χ0) is 15.4. The SMILES string of the molecule is O=C(NCCC1CCCCC1)c1c(Cl)ccc2ncccc12. The van der Waals surface area contributed by atoms with Gasteiger partial charge in [0.05, 0.1) is 16.1 Å². The molecular formula is C18H21ClN2O. The van der Waals surface area contributed by atoms with Crippen molar-refractivity contribution in [1.29, 1.82) is 0 Å². The molecule has 3 nitrogen and oxygen atoms in total. The highest BCUT2D eigenvalue weighted by Crippen LogP contribution is 2.27. The molecule has 3 rings (SSSR count). The number of hydrogen-bond acceptors (Lipinski definition) is 2. The molecule has 4 heteroatoms. The van der Waals surface area contributed by atoms with Crippen LogP contribution in [-0.2, 0) is 0 Å². The molecular weight excluding hydrogens is 296 g/mol. The van der Waals surface area contributed by atoms with Gasteiger partial charge in [-0.05, 0) is 30.5 Å². The summed E-state index contributed by atoms with van der Waals surface area (Å²) in [4.78, 5) is 16.8. The summed E-state index contributed by atoms with van der Waals surface area (Å²) in [5, 5.41) is 4.32. The summed E-state index contributed by atoms with van der Waals surface area (Å²) >= 11 is 6.24. The van der Waals surface area contributed by atoms with Crippen LogP contribution in [0, 0.1) is 5.92 Å². The van der Waals surface area contributed by atoms with Crippen LogP contribution in [0.5, 0.6) is 0 Å². The number of hydrogen-bond donors (Lipinski definition) is 1. The highest BCUT2D eigenvalue weighted by molar-refractivity contribution is 6.35. The molecule has 0 radical (unpaired) electrons. The van der Waals surface area contributed by atoms with Crippen LogP contribution >= 0.6 is 11.6 Å². The molecule has 1 N–H and O–H groups in total. The number of benzene rings is 1. The van der Waals surface area contributed by atoms with E-state index in [0.29, 0.717) is 10.6 Å². The quantitative estimate of drug-likeness (QED) is 0.896. The van der Waals surface area contributed by atoms with E-state index in [1.54, 1.807) is 12.3 Å². The average molecular weight is 317 g/mol. The van der Waals surface area contributed by atoms with Gasteiger partial charge in [0.2, 0.25) is 0 Å². The van der Waals surface area contributed by atoms with Crippen molar-refractivity contribution in [2.75, 3.05) is 6.54 Å². The number of carbonyl (C=O) groups excluding carboxylic acids is 1. The predicted octanol–water partition coefficient (Wildman–Crippen LogP) is 4.59. The molecule has 0 aliphatic heterocycles. The molecule has 0 unspecified atom stereocenters. The van der Waals surface area contributed by atoms with Crippen molar-refractivity contribution in [2.45, 2.75) is 38.5 Å². The van der Waals surface area contributed by atoms with Crippen molar-refractivity contribution >= 4 is 28.4 Å². The van der Waals surface area contributed by atoms with Gasteiger partial charge in [0.15, 0.2) is 0 Å². The first-order valence-corrected chi connectivity index (χ1v) is 8.45. The monoisotopic (exact) mass is 316 g/mol. The molecule has 1 fully saturated rings. The lowest BCUT2D eigenvalue weighted by Gasteiger charge is -2.21. The topological polar surface area (TPSA) is 42.0 Å². The maximum Gasteiger partial charge on any atom is 0.253 e. The van der Waals surface area contributed by atoms with Gasteiger partial charge in [0.1, 0.15) is 0 Å². The van der Waals surface area contributed by atoms with Crippen LogP contribution < -0.4 is 5.32 Å². The molecule has 0 saturated heterocycles. The van der Waals surface area contributed by atoms with Gasteiger partial charge in [-0.15, -0.1) is 0 Å². The van der Waals surface area contributed by atoms with E-state index in [2.05, 4.69) is 10.3 Å². The summed E-state index contributed by atoms with van der Waals surface area (Å²) < 4.78 is 0. The number of halogens is 1. The third kappa shape index (κ3) is 3.41. The zero-order valence-corrected chi connectivity index (χ0v) is 13.4. The van der Waals surface area contributed by atoms with Crippen LogP contribution in [0.15, 0.2) is 30.5 Å². The van der Waals surface area contributed by atoms with E-state index in [-0.39, 0.29) is 5.91 Å². The first-order chi connectivity index (χ1) is 10.8. The van der Waals surface area contributed by atoms with Gasteiger partial charge in [0.25, 0.3) is 5.91 Å². The minimum Gasteiger partial charge on any atom is -0.352 e. The van der Waals surface area contributed by atoms with Crippen LogP contribution in [0.1, 0.15) is 48.9 Å². The maximum absolute atomic E-state index is 12.5. The first kappa shape index (κ1) is 15.3. The van der Waals surface area contributed by atoms with Gasteiger partial charge < -0.3 is 5.32 Å². The van der Waals surface area contributed by atoms with Crippen molar-refractivity contribution in [2.24, 2.45) is 5.92 Å². The van der Waals surface area contributed by atoms with E-state index < -0.39 is 0 Å². The van der Waals surface area contributed by atoms with Gasteiger partial charge in [0, 0.05) is 18.1 Å². The average Bonchev–Trinajstić information content (AvgIpc) is 2.55. The fourth-order valence-corrected chi connectivity index (χ4v) is 3.56. The highest BCUT2D eigenvalue weighted by atomic mass is 35.5. The summed E-state index contributed by atoms with van der Waals surface area (Å²) in [5.41, 5.74) is 1.33. The second-order valence-corrected chi connectivity index (χ2v) is 6.45. The van der Waals surface area contributed by atoms with Gasteiger partial charge >= 0.3 is 0 Å². The van der Waals surface area contributed by atoms with E-state index in [1.807, 2.05) is 18.2 Å². The Morgan fingerprint density at radius 2 is 2.05 bits per heavy atom. The third-order valence-electron chi connectivity index (χ3n) is 4.52. The van der Waals surface area contributed by atoms with Crippen LogP contribution in [-0.4, -0.2) is 17.4 Å². The molecule has 1 heterocycles. The normalized spacial score (nSPS) is 15.9. The van der Waals surface area contributed by atoms with E-state index in [9.17, 15) is 4.79 Å². The number of carbonyl (C=O) groups is 1. The van der Waals surface area contributed by atoms with Crippen LogP contribution in [0.2, 0.25) is 5.02 Å². The van der Waals surface area contributed by atoms with Gasteiger partial charge in [-0.25, -0.2) is 0 Å². The molecule has 1 aliphatic rings. The summed E-state index contributed by atoms with van der Waals surface area (Å²) in [5.74, 6) is 0.665. The second kappa shape index (κ2) is 7.10. The van der Waals surface area contributed by atoms with E-state index in [0.717, 1.165) is 29.8 Å². The van der Waals surface area contributed by atoms with Gasteiger partial charge in [-0.3, -0.25) is 9.78 Å². The molecule has 1 aliphatic carbocycles. The molecule has 0 atom stereocenters. The summed E-state index contributed by atoms with van der Waals surface area (Å²) in [6, 6.07) is 7.31. The molecule has 116 valence electrons. The number of amides is 1. The molecule has 1 aromatic heterocycles. The Kier molecular flexibility index (Phi) is 4.94. The highest BCUT2D eigenvalue weighted by Gasteiger charge is 2.16. The number of nitrogens with zero attached hydrogens (tertiary/aromatic N) is 1. The van der Waals surface area contributed by atoms with E-state index >= 15 is 0 Å². The minimum absolute atomic E-state index is 0.0978. The van der Waals surface area contributed by atoms with Crippen molar-refractivity contribution in [3.05, 3.63) is 41.0 Å². The van der Waals surface area contributed by atoms with Crippen molar-refractivity contribution in [3.63, 3.8) is 0 Å². The second-order valence-electron chi connectivity index (χ2n) is 6.04. The van der Waals surface area contributed by atoms with Crippen molar-refractivity contribution < 1.29 is 4.79 Å². The maximum atomic E-state index is 12.5. The Hall–Kier alpha value is -1.61. The summed E-state index contributed by atoms with van der Waals surface area (Å²) in [6.45, 7) is 0.719. The first-order valence-electron chi connectivity index (χ1n) is 8.07. The Balaban J connectivity index is 1.68. The Morgan fingerprint density at radius 3 is 2.86 bits per heavy atom. The smallest absolute Gasteiger partial charge is 0.253 e. The van der Waals surface area contributed by atoms with Crippen LogP contribution in [0.4, 0.5) is 0 Å². The molecule has 1 amide bonds. The van der Waals surface area contributed by atoms with Crippen LogP contribution in [0.25, 0.3) is 10.9 Å². The Morgan fingerprint density at radius 1 is 1.23 bits per heavy atom. The summed E-state index contributed by atoms with van der Waals surface area (Å²) in [7, 11) is 0. The van der Waals surface area contributed by atoms with E-state index in [1.165, 1.54) is 32.1 Å². The summed E-state index contributed by atoms with van der Waals surface area (Å²) in [6.07, 6.45) is 9.41.